The number of piperidine rings is 1. The van der Waals surface area contributed by atoms with Gasteiger partial charge in [0.15, 0.2) is 0 Å². The Morgan fingerprint density at radius 1 is 1.10 bits per heavy atom. The van der Waals surface area contributed by atoms with E-state index in [1.807, 2.05) is 12.1 Å². The van der Waals surface area contributed by atoms with Crippen LogP contribution in [0.4, 0.5) is 0 Å². The summed E-state index contributed by atoms with van der Waals surface area (Å²) in [5.41, 5.74) is 2.74. The van der Waals surface area contributed by atoms with Crippen molar-refractivity contribution in [3.8, 4) is 5.75 Å². The lowest BCUT2D eigenvalue weighted by atomic mass is 9.59. The standard InChI is InChI=1S/C26H37NO2/c1-3-15-26(23-11-7-12-24(29)20-23)16-18-27(21(2)25(26)13-8-19-28)17-14-22-9-5-4-6-10-22/h4-7,9-12,20-21,25,28-29H,3,8,13-19H2,1-2H3/t21-,25-,26?/m0/s1. The van der Waals surface area contributed by atoms with E-state index in [2.05, 4.69) is 55.1 Å². The fourth-order valence-corrected chi connectivity index (χ4v) is 5.58. The third-order valence-corrected chi connectivity index (χ3v) is 7.03. The Morgan fingerprint density at radius 3 is 2.59 bits per heavy atom. The monoisotopic (exact) mass is 395 g/mol. The Kier molecular flexibility index (Phi) is 7.74. The van der Waals surface area contributed by atoms with Crippen LogP contribution in [-0.2, 0) is 11.8 Å². The van der Waals surface area contributed by atoms with Crippen LogP contribution in [-0.4, -0.2) is 40.9 Å². The molecule has 1 aliphatic heterocycles. The van der Waals surface area contributed by atoms with Crippen LogP contribution in [0.2, 0.25) is 0 Å². The molecule has 0 radical (unpaired) electrons. The van der Waals surface area contributed by atoms with Crippen LogP contribution < -0.4 is 0 Å². The van der Waals surface area contributed by atoms with Gasteiger partial charge < -0.3 is 10.2 Å². The van der Waals surface area contributed by atoms with E-state index >= 15 is 0 Å². The zero-order valence-electron chi connectivity index (χ0n) is 18.1. The maximum absolute atomic E-state index is 10.2. The summed E-state index contributed by atoms with van der Waals surface area (Å²) in [4.78, 5) is 2.64. The number of aromatic hydroxyl groups is 1. The second-order valence-electron chi connectivity index (χ2n) is 8.69. The molecule has 3 atom stereocenters. The van der Waals surface area contributed by atoms with Crippen LogP contribution >= 0.6 is 0 Å². The van der Waals surface area contributed by atoms with Crippen molar-refractivity contribution in [3.63, 3.8) is 0 Å². The molecule has 2 aromatic carbocycles. The maximum Gasteiger partial charge on any atom is 0.115 e. The topological polar surface area (TPSA) is 43.7 Å². The summed E-state index contributed by atoms with van der Waals surface area (Å²) in [6, 6.07) is 19.1. The first kappa shape index (κ1) is 21.9. The third-order valence-electron chi connectivity index (χ3n) is 7.03. The lowest BCUT2D eigenvalue weighted by Crippen LogP contribution is -2.55. The molecule has 0 spiro atoms. The molecule has 0 aliphatic carbocycles. The first-order valence-corrected chi connectivity index (χ1v) is 11.3. The summed E-state index contributed by atoms with van der Waals surface area (Å²) in [5, 5.41) is 19.7. The lowest BCUT2D eigenvalue weighted by Gasteiger charge is -2.53. The van der Waals surface area contributed by atoms with Gasteiger partial charge in [-0.1, -0.05) is 55.8 Å². The number of phenols is 1. The predicted molar refractivity (Wildman–Crippen MR) is 120 cm³/mol. The SMILES string of the molecule is CCCC1(c2cccc(O)c2)CCN(CCc2ccccc2)[C@@H](C)[C@@H]1CCCO. The fraction of sp³-hybridized carbons (Fsp3) is 0.538. The first-order valence-electron chi connectivity index (χ1n) is 11.3. The molecule has 1 heterocycles. The van der Waals surface area contributed by atoms with Gasteiger partial charge in [-0.2, -0.15) is 0 Å². The molecule has 2 N–H and O–H groups in total. The normalized spacial score (nSPS) is 25.2. The number of phenolic OH excluding ortho intramolecular Hbond substituents is 1. The molecule has 3 rings (SSSR count). The first-order chi connectivity index (χ1) is 14.1. The van der Waals surface area contributed by atoms with Crippen LogP contribution in [0.5, 0.6) is 5.75 Å². The number of aliphatic hydroxyl groups is 1. The molecule has 0 saturated carbocycles. The van der Waals surface area contributed by atoms with E-state index in [4.69, 9.17) is 0 Å². The Morgan fingerprint density at radius 2 is 1.90 bits per heavy atom. The van der Waals surface area contributed by atoms with Crippen LogP contribution in [0.1, 0.15) is 57.1 Å². The summed E-state index contributed by atoms with van der Waals surface area (Å²) in [6.07, 6.45) is 6.30. The van der Waals surface area contributed by atoms with Gasteiger partial charge in [-0.25, -0.2) is 0 Å². The van der Waals surface area contributed by atoms with E-state index in [9.17, 15) is 10.2 Å². The maximum atomic E-state index is 10.2. The number of likely N-dealkylation sites (tertiary alicyclic amines) is 1. The molecule has 29 heavy (non-hydrogen) atoms. The minimum atomic E-state index is 0.0747. The molecular weight excluding hydrogens is 358 g/mol. The van der Waals surface area contributed by atoms with E-state index in [0.717, 1.165) is 51.6 Å². The number of aliphatic hydroxyl groups excluding tert-OH is 1. The summed E-state index contributed by atoms with van der Waals surface area (Å²) >= 11 is 0. The van der Waals surface area contributed by atoms with Crippen molar-refractivity contribution in [2.75, 3.05) is 19.7 Å². The Labute approximate surface area is 176 Å². The molecule has 1 saturated heterocycles. The van der Waals surface area contributed by atoms with Gasteiger partial charge >= 0.3 is 0 Å². The summed E-state index contributed by atoms with van der Waals surface area (Å²) in [5.74, 6) is 0.832. The van der Waals surface area contributed by atoms with Crippen molar-refractivity contribution in [1.29, 1.82) is 0 Å². The fourth-order valence-electron chi connectivity index (χ4n) is 5.58. The second-order valence-corrected chi connectivity index (χ2v) is 8.69. The lowest BCUT2D eigenvalue weighted by molar-refractivity contribution is 0.0220. The zero-order valence-corrected chi connectivity index (χ0v) is 18.1. The number of nitrogens with zero attached hydrogens (tertiary/aromatic N) is 1. The van der Waals surface area contributed by atoms with E-state index in [1.54, 1.807) is 6.07 Å². The molecule has 2 aromatic rings. The smallest absolute Gasteiger partial charge is 0.115 e. The number of rotatable bonds is 9. The molecule has 1 unspecified atom stereocenters. The quantitative estimate of drug-likeness (QED) is 0.617. The Hall–Kier alpha value is -1.84. The van der Waals surface area contributed by atoms with Gasteiger partial charge in [-0.3, -0.25) is 4.90 Å². The summed E-state index contributed by atoms with van der Waals surface area (Å²) in [7, 11) is 0. The third kappa shape index (κ3) is 5.02. The molecule has 3 heteroatoms. The van der Waals surface area contributed by atoms with Crippen molar-refractivity contribution in [2.24, 2.45) is 5.92 Å². The van der Waals surface area contributed by atoms with Gasteiger partial charge in [0.25, 0.3) is 0 Å². The highest BCUT2D eigenvalue weighted by Crippen LogP contribution is 2.48. The molecule has 1 fully saturated rings. The second kappa shape index (κ2) is 10.3. The molecule has 0 amide bonds. The highest BCUT2D eigenvalue weighted by molar-refractivity contribution is 5.35. The van der Waals surface area contributed by atoms with E-state index in [0.29, 0.717) is 17.7 Å². The van der Waals surface area contributed by atoms with Gasteiger partial charge in [-0.05, 0) is 74.8 Å². The van der Waals surface area contributed by atoms with Gasteiger partial charge in [0.2, 0.25) is 0 Å². The number of hydrogen-bond acceptors (Lipinski definition) is 3. The minimum Gasteiger partial charge on any atom is -0.508 e. The zero-order chi connectivity index (χ0) is 20.7. The van der Waals surface area contributed by atoms with Gasteiger partial charge in [0, 0.05) is 24.6 Å². The van der Waals surface area contributed by atoms with Crippen LogP contribution in [0.25, 0.3) is 0 Å². The van der Waals surface area contributed by atoms with Crippen molar-refractivity contribution >= 4 is 0 Å². The van der Waals surface area contributed by atoms with E-state index < -0.39 is 0 Å². The van der Waals surface area contributed by atoms with Crippen LogP contribution in [0.15, 0.2) is 54.6 Å². The molecular formula is C26H37NO2. The molecule has 0 bridgehead atoms. The van der Waals surface area contributed by atoms with Crippen molar-refractivity contribution in [1.82, 2.24) is 4.90 Å². The van der Waals surface area contributed by atoms with E-state index in [-0.39, 0.29) is 12.0 Å². The highest BCUT2D eigenvalue weighted by atomic mass is 16.3. The number of hydrogen-bond donors (Lipinski definition) is 2. The average molecular weight is 396 g/mol. The summed E-state index contributed by atoms with van der Waals surface area (Å²) < 4.78 is 0. The summed E-state index contributed by atoms with van der Waals surface area (Å²) in [6.45, 7) is 7.04. The average Bonchev–Trinajstić information content (AvgIpc) is 2.74. The number of benzene rings is 2. The Balaban J connectivity index is 1.85. The van der Waals surface area contributed by atoms with E-state index in [1.165, 1.54) is 11.1 Å². The van der Waals surface area contributed by atoms with Gasteiger partial charge in [-0.15, -0.1) is 0 Å². The van der Waals surface area contributed by atoms with Crippen LogP contribution in [0, 0.1) is 5.92 Å². The van der Waals surface area contributed by atoms with Crippen LogP contribution in [0.3, 0.4) is 0 Å². The molecule has 3 nitrogen and oxygen atoms in total. The van der Waals surface area contributed by atoms with Crippen molar-refractivity contribution in [3.05, 3.63) is 65.7 Å². The van der Waals surface area contributed by atoms with Gasteiger partial charge in [0.1, 0.15) is 5.75 Å². The van der Waals surface area contributed by atoms with Crippen molar-refractivity contribution in [2.45, 2.75) is 63.8 Å². The highest BCUT2D eigenvalue weighted by Gasteiger charge is 2.46. The molecule has 0 aromatic heterocycles. The minimum absolute atomic E-state index is 0.0747. The van der Waals surface area contributed by atoms with Gasteiger partial charge in [0.05, 0.1) is 0 Å². The van der Waals surface area contributed by atoms with Crippen molar-refractivity contribution < 1.29 is 10.2 Å². The Bertz CT molecular complexity index is 747. The molecule has 158 valence electrons. The largest absolute Gasteiger partial charge is 0.508 e. The predicted octanol–water partition coefficient (Wildman–Crippen LogP) is 5.16. The molecule has 1 aliphatic rings.